The van der Waals surface area contributed by atoms with Crippen molar-refractivity contribution in [3.05, 3.63) is 22.4 Å². The molecule has 2 N–H and O–H groups in total. The van der Waals surface area contributed by atoms with Crippen molar-refractivity contribution in [2.75, 3.05) is 38.6 Å². The van der Waals surface area contributed by atoms with Crippen molar-refractivity contribution in [3.63, 3.8) is 0 Å². The average molecular weight is 413 g/mol. The molecule has 0 radical (unpaired) electrons. The van der Waals surface area contributed by atoms with Crippen molar-refractivity contribution in [1.82, 2.24) is 4.90 Å². The second-order valence-electron chi connectivity index (χ2n) is 3.97. The van der Waals surface area contributed by atoms with Crippen molar-refractivity contribution < 1.29 is 4.74 Å². The van der Waals surface area contributed by atoms with Gasteiger partial charge in [0.05, 0.1) is 19.8 Å². The lowest BCUT2D eigenvalue weighted by Gasteiger charge is -2.27. The zero-order chi connectivity index (χ0) is 12.6. The molecule has 0 spiro atoms. The lowest BCUT2D eigenvalue weighted by atomic mass is 10.4. The molecule has 0 bridgehead atoms. The fraction of sp³-hybridized carbons (Fsp3) is 0.583. The summed E-state index contributed by atoms with van der Waals surface area (Å²) in [6.45, 7) is 4.02. The van der Waals surface area contributed by atoms with Crippen LogP contribution in [0.4, 0.5) is 0 Å². The van der Waals surface area contributed by atoms with E-state index in [1.807, 2.05) is 11.8 Å². The Morgan fingerprint density at radius 1 is 1.47 bits per heavy atom. The maximum absolute atomic E-state index is 5.94. The molecule has 2 rings (SSSR count). The molecule has 4 nitrogen and oxygen atoms in total. The average Bonchev–Trinajstić information content (AvgIpc) is 2.92. The van der Waals surface area contributed by atoms with Crippen LogP contribution in [0, 0.1) is 0 Å². The Bertz CT molecular complexity index is 367. The number of thioether (sulfide) groups is 1. The molecule has 0 aromatic carbocycles. The van der Waals surface area contributed by atoms with Gasteiger partial charge in [-0.05, 0) is 11.4 Å². The molecule has 1 saturated heterocycles. The molecule has 0 aliphatic carbocycles. The number of nitrogens with two attached hydrogens (primary N) is 1. The maximum atomic E-state index is 5.94. The Kier molecular flexibility index (Phi) is 8.84. The van der Waals surface area contributed by atoms with Crippen LogP contribution in [0.25, 0.3) is 0 Å². The molecule has 2 heterocycles. The first-order valence-electron chi connectivity index (χ1n) is 6.09. The van der Waals surface area contributed by atoms with Crippen LogP contribution in [0.5, 0.6) is 0 Å². The summed E-state index contributed by atoms with van der Waals surface area (Å²) in [6, 6.07) is 4.26. The zero-order valence-electron chi connectivity index (χ0n) is 10.8. The summed E-state index contributed by atoms with van der Waals surface area (Å²) in [5.41, 5.74) is 5.94. The van der Waals surface area contributed by atoms with Crippen molar-refractivity contribution in [3.8, 4) is 0 Å². The summed E-state index contributed by atoms with van der Waals surface area (Å²) in [4.78, 5) is 7.93. The second kappa shape index (κ2) is 9.84. The fourth-order valence-electron chi connectivity index (χ4n) is 1.68. The van der Waals surface area contributed by atoms with Gasteiger partial charge in [-0.15, -0.1) is 35.3 Å². The first-order valence-corrected chi connectivity index (χ1v) is 8.12. The molecule has 1 aromatic rings. The molecule has 1 fully saturated rings. The van der Waals surface area contributed by atoms with Crippen molar-refractivity contribution >= 4 is 53.0 Å². The monoisotopic (exact) mass is 413 g/mol. The van der Waals surface area contributed by atoms with Crippen LogP contribution in [0.3, 0.4) is 0 Å². The lowest BCUT2D eigenvalue weighted by Crippen LogP contribution is -2.44. The van der Waals surface area contributed by atoms with Crippen LogP contribution >= 0.6 is 47.1 Å². The Morgan fingerprint density at radius 3 is 2.95 bits per heavy atom. The summed E-state index contributed by atoms with van der Waals surface area (Å²) in [5.74, 6) is 2.75. The number of ether oxygens (including phenoxy) is 1. The van der Waals surface area contributed by atoms with Crippen molar-refractivity contribution in [2.45, 2.75) is 5.75 Å². The largest absolute Gasteiger partial charge is 0.378 e. The van der Waals surface area contributed by atoms with E-state index >= 15 is 0 Å². The van der Waals surface area contributed by atoms with E-state index in [1.165, 1.54) is 4.88 Å². The maximum Gasteiger partial charge on any atom is 0.191 e. The molecule has 19 heavy (non-hydrogen) atoms. The number of aliphatic imine (C=N–C) groups is 1. The molecule has 0 unspecified atom stereocenters. The predicted octanol–water partition coefficient (Wildman–Crippen LogP) is 2.25. The normalized spacial score (nSPS) is 16.2. The minimum atomic E-state index is 0. The molecule has 7 heteroatoms. The molecule has 1 aliphatic rings. The zero-order valence-corrected chi connectivity index (χ0v) is 14.7. The van der Waals surface area contributed by atoms with E-state index in [0.29, 0.717) is 5.96 Å². The van der Waals surface area contributed by atoms with E-state index in [4.69, 9.17) is 10.5 Å². The Labute approximate surface area is 139 Å². The van der Waals surface area contributed by atoms with Gasteiger partial charge in [-0.3, -0.25) is 4.99 Å². The van der Waals surface area contributed by atoms with Crippen molar-refractivity contribution in [1.29, 1.82) is 0 Å². The highest BCUT2D eigenvalue weighted by molar-refractivity contribution is 14.0. The van der Waals surface area contributed by atoms with Crippen LogP contribution in [0.1, 0.15) is 4.88 Å². The van der Waals surface area contributed by atoms with Crippen molar-refractivity contribution in [2.24, 2.45) is 10.7 Å². The highest BCUT2D eigenvalue weighted by Crippen LogP contribution is 2.16. The van der Waals surface area contributed by atoms with Crippen LogP contribution in [0.15, 0.2) is 22.5 Å². The summed E-state index contributed by atoms with van der Waals surface area (Å²) in [7, 11) is 0. The number of guanidine groups is 1. The van der Waals surface area contributed by atoms with Gasteiger partial charge >= 0.3 is 0 Å². The highest BCUT2D eigenvalue weighted by atomic mass is 127. The van der Waals surface area contributed by atoms with Gasteiger partial charge in [0.2, 0.25) is 0 Å². The minimum Gasteiger partial charge on any atom is -0.378 e. The minimum absolute atomic E-state index is 0. The van der Waals surface area contributed by atoms with Crippen LogP contribution < -0.4 is 5.73 Å². The number of nitrogens with zero attached hydrogens (tertiary/aromatic N) is 2. The van der Waals surface area contributed by atoms with E-state index in [-0.39, 0.29) is 24.0 Å². The number of morpholine rings is 1. The molecule has 108 valence electrons. The molecule has 0 atom stereocenters. The number of hydrogen-bond acceptors (Lipinski definition) is 4. The fourth-order valence-corrected chi connectivity index (χ4v) is 3.36. The van der Waals surface area contributed by atoms with Gasteiger partial charge in [-0.1, -0.05) is 6.07 Å². The Balaban J connectivity index is 0.00000180. The van der Waals surface area contributed by atoms with Gasteiger partial charge in [-0.2, -0.15) is 11.8 Å². The quantitative estimate of drug-likeness (QED) is 0.348. The number of thiophene rings is 1. The summed E-state index contributed by atoms with van der Waals surface area (Å²) in [5, 5.41) is 2.12. The molecule has 1 aliphatic heterocycles. The molecular formula is C12H20IN3OS2. The first kappa shape index (κ1) is 17.1. The van der Waals surface area contributed by atoms with E-state index in [2.05, 4.69) is 27.4 Å². The molecule has 1 aromatic heterocycles. The third-order valence-corrected chi connectivity index (χ3v) is 4.71. The topological polar surface area (TPSA) is 50.8 Å². The second-order valence-corrected chi connectivity index (χ2v) is 6.11. The first-order chi connectivity index (χ1) is 8.86. The van der Waals surface area contributed by atoms with Gasteiger partial charge in [-0.25, -0.2) is 0 Å². The third-order valence-electron chi connectivity index (χ3n) is 2.67. The third kappa shape index (κ3) is 6.33. The molecule has 0 saturated carbocycles. The number of halogens is 1. The summed E-state index contributed by atoms with van der Waals surface area (Å²) >= 11 is 3.71. The summed E-state index contributed by atoms with van der Waals surface area (Å²) < 4.78 is 5.28. The van der Waals surface area contributed by atoms with Gasteiger partial charge in [0.25, 0.3) is 0 Å². The van der Waals surface area contributed by atoms with Gasteiger partial charge in [0, 0.05) is 29.5 Å². The SMILES string of the molecule is I.NC(=NCCSCc1cccs1)N1CCOCC1. The summed E-state index contributed by atoms with van der Waals surface area (Å²) in [6.07, 6.45) is 0. The lowest BCUT2D eigenvalue weighted by molar-refractivity contribution is 0.0674. The Hall–Kier alpha value is 0.01000. The highest BCUT2D eigenvalue weighted by Gasteiger charge is 2.11. The van der Waals surface area contributed by atoms with E-state index in [0.717, 1.165) is 44.4 Å². The predicted molar refractivity (Wildman–Crippen MR) is 94.8 cm³/mol. The van der Waals surface area contributed by atoms with Crippen LogP contribution in [0.2, 0.25) is 0 Å². The van der Waals surface area contributed by atoms with E-state index in [1.54, 1.807) is 11.3 Å². The standard InChI is InChI=1S/C12H19N3OS2.HI/c13-12(15-4-6-16-7-5-15)14-3-9-17-10-11-2-1-8-18-11;/h1-2,8H,3-7,9-10H2,(H2,13,14);1H. The van der Waals surface area contributed by atoms with Crippen LogP contribution in [-0.2, 0) is 10.5 Å². The number of rotatable bonds is 5. The van der Waals surface area contributed by atoms with Gasteiger partial charge in [0.15, 0.2) is 5.96 Å². The molecular weight excluding hydrogens is 393 g/mol. The Morgan fingerprint density at radius 2 is 2.26 bits per heavy atom. The molecule has 0 amide bonds. The smallest absolute Gasteiger partial charge is 0.191 e. The van der Waals surface area contributed by atoms with E-state index in [9.17, 15) is 0 Å². The van der Waals surface area contributed by atoms with Gasteiger partial charge in [0.1, 0.15) is 0 Å². The van der Waals surface area contributed by atoms with Gasteiger partial charge < -0.3 is 15.4 Å². The van der Waals surface area contributed by atoms with E-state index < -0.39 is 0 Å². The number of hydrogen-bond donors (Lipinski definition) is 1. The van der Waals surface area contributed by atoms with Crippen LogP contribution in [-0.4, -0.2) is 49.5 Å².